The summed E-state index contributed by atoms with van der Waals surface area (Å²) in [6.45, 7) is 0.981. The number of nitrogens with one attached hydrogen (secondary N) is 2. The monoisotopic (exact) mass is 665 g/mol. The predicted molar refractivity (Wildman–Crippen MR) is 158 cm³/mol. The predicted octanol–water partition coefficient (Wildman–Crippen LogP) is 4.87. The number of carbonyl (C=O) groups is 3. The van der Waals surface area contributed by atoms with Gasteiger partial charge in [0, 0.05) is 11.4 Å². The Morgan fingerprint density at radius 1 is 1.05 bits per heavy atom. The van der Waals surface area contributed by atoms with Crippen molar-refractivity contribution in [1.29, 1.82) is 0 Å². The fourth-order valence-corrected chi connectivity index (χ4v) is 4.53. The minimum atomic E-state index is -1.14. The number of ether oxygens (including phenoxy) is 3. The van der Waals surface area contributed by atoms with Crippen LogP contribution >= 0.6 is 39.1 Å². The second kappa shape index (κ2) is 15.3. The summed E-state index contributed by atoms with van der Waals surface area (Å²) in [6, 6.07) is 16.0. The quantitative estimate of drug-likeness (QED) is 0.175. The summed E-state index contributed by atoms with van der Waals surface area (Å²) in [7, 11) is 1.40. The van der Waals surface area contributed by atoms with Crippen molar-refractivity contribution >= 4 is 63.1 Å². The summed E-state index contributed by atoms with van der Waals surface area (Å²) in [5.41, 5.74) is 3.78. The smallest absolute Gasteiger partial charge is 0.341 e. The highest BCUT2D eigenvalue weighted by Crippen LogP contribution is 2.36. The summed E-state index contributed by atoms with van der Waals surface area (Å²) in [6.07, 6.45) is 0.578. The molecule has 0 bridgehead atoms. The van der Waals surface area contributed by atoms with Crippen LogP contribution in [-0.2, 0) is 20.8 Å². The van der Waals surface area contributed by atoms with E-state index in [1.807, 2.05) is 30.3 Å². The Labute approximate surface area is 254 Å². The lowest BCUT2D eigenvalue weighted by Gasteiger charge is -2.21. The third-order valence-electron chi connectivity index (χ3n) is 5.46. The van der Waals surface area contributed by atoms with Crippen LogP contribution in [-0.4, -0.2) is 55.0 Å². The van der Waals surface area contributed by atoms with Crippen molar-refractivity contribution in [3.05, 3.63) is 86.3 Å². The number of hydrogen-bond acceptors (Lipinski definition) is 7. The van der Waals surface area contributed by atoms with E-state index in [9.17, 15) is 14.4 Å². The molecular weight excluding hydrogens is 641 g/mol. The van der Waals surface area contributed by atoms with Crippen LogP contribution in [0.15, 0.2) is 70.2 Å². The van der Waals surface area contributed by atoms with E-state index >= 15 is 0 Å². The van der Waals surface area contributed by atoms with Crippen molar-refractivity contribution in [3.8, 4) is 17.2 Å². The number of halogens is 3. The average Bonchev–Trinajstić information content (AvgIpc) is 2.93. The first kappa shape index (κ1) is 31.7. The van der Waals surface area contributed by atoms with Gasteiger partial charge in [-0.2, -0.15) is 5.10 Å². The van der Waals surface area contributed by atoms with Gasteiger partial charge in [0.15, 0.2) is 24.2 Å². The van der Waals surface area contributed by atoms with E-state index in [4.69, 9.17) is 42.5 Å². The van der Waals surface area contributed by atoms with E-state index in [0.717, 1.165) is 5.56 Å². The van der Waals surface area contributed by atoms with Crippen LogP contribution in [0, 0.1) is 0 Å². The largest absolute Gasteiger partial charge is 0.493 e. The first-order chi connectivity index (χ1) is 19.6. The molecule has 0 heterocycles. The lowest BCUT2D eigenvalue weighted by molar-refractivity contribution is -0.139. The van der Waals surface area contributed by atoms with Crippen LogP contribution in [0.5, 0.6) is 17.2 Å². The summed E-state index contributed by atoms with van der Waals surface area (Å²) in [4.78, 5) is 36.9. The molecule has 0 aliphatic heterocycles. The van der Waals surface area contributed by atoms with E-state index in [1.54, 1.807) is 24.3 Å². The van der Waals surface area contributed by atoms with E-state index < -0.39 is 36.5 Å². The minimum Gasteiger partial charge on any atom is -0.493 e. The van der Waals surface area contributed by atoms with E-state index in [1.165, 1.54) is 26.3 Å². The SMILES string of the molecule is COc1cc(/C=N\NC(=O)[C@H](Cc2ccccc2)NC(=O)[C@@H](C)Oc2ccc(Cl)cc2Cl)cc(Br)c1OCC(=O)O. The van der Waals surface area contributed by atoms with Crippen molar-refractivity contribution in [2.45, 2.75) is 25.5 Å². The van der Waals surface area contributed by atoms with Gasteiger partial charge in [0.2, 0.25) is 0 Å². The standard InChI is InChI=1S/C28H26BrCl2N3O7/c1-16(41-23-9-8-19(30)13-21(23)31)27(37)33-22(11-17-6-4-3-5-7-17)28(38)34-32-14-18-10-20(29)26(24(12-18)39-2)40-15-25(35)36/h3-10,12-14,16,22H,11,15H2,1-2H3,(H,33,37)(H,34,38)(H,35,36)/b32-14-/t16-,22+/m1/s1. The van der Waals surface area contributed by atoms with Crippen molar-refractivity contribution in [3.63, 3.8) is 0 Å². The number of carboxylic acids is 1. The molecule has 0 spiro atoms. The average molecular weight is 667 g/mol. The molecule has 0 aliphatic rings. The molecule has 0 aromatic heterocycles. The number of methoxy groups -OCH3 is 1. The number of carbonyl (C=O) groups excluding carboxylic acids is 2. The van der Waals surface area contributed by atoms with Gasteiger partial charge < -0.3 is 24.6 Å². The Hall–Kier alpha value is -3.80. The molecule has 0 radical (unpaired) electrons. The van der Waals surface area contributed by atoms with Crippen molar-refractivity contribution in [2.75, 3.05) is 13.7 Å². The van der Waals surface area contributed by atoms with Crippen molar-refractivity contribution < 1.29 is 33.7 Å². The van der Waals surface area contributed by atoms with Crippen LogP contribution in [0.1, 0.15) is 18.1 Å². The summed E-state index contributed by atoms with van der Waals surface area (Å²) >= 11 is 15.4. The number of nitrogens with zero attached hydrogens (tertiary/aromatic N) is 1. The fourth-order valence-electron chi connectivity index (χ4n) is 3.50. The van der Waals surface area contributed by atoms with Gasteiger partial charge in [-0.05, 0) is 64.3 Å². The zero-order valence-electron chi connectivity index (χ0n) is 21.9. The Morgan fingerprint density at radius 2 is 1.78 bits per heavy atom. The van der Waals surface area contributed by atoms with Gasteiger partial charge in [-0.3, -0.25) is 9.59 Å². The van der Waals surface area contributed by atoms with E-state index in [-0.39, 0.29) is 28.7 Å². The van der Waals surface area contributed by atoms with Gasteiger partial charge in [-0.1, -0.05) is 53.5 Å². The number of aliphatic carboxylic acids is 1. The summed E-state index contributed by atoms with van der Waals surface area (Å²) in [5.74, 6) is -1.51. The van der Waals surface area contributed by atoms with Gasteiger partial charge in [0.25, 0.3) is 11.8 Å². The van der Waals surface area contributed by atoms with Gasteiger partial charge >= 0.3 is 5.97 Å². The second-order valence-corrected chi connectivity index (χ2v) is 10.2. The molecule has 10 nitrogen and oxygen atoms in total. The third kappa shape index (κ3) is 9.66. The number of rotatable bonds is 13. The molecule has 3 aromatic rings. The third-order valence-corrected chi connectivity index (χ3v) is 6.58. The second-order valence-electron chi connectivity index (χ2n) is 8.54. The van der Waals surface area contributed by atoms with Crippen molar-refractivity contribution in [1.82, 2.24) is 10.7 Å². The highest BCUT2D eigenvalue weighted by Gasteiger charge is 2.25. The maximum absolute atomic E-state index is 13.1. The van der Waals surface area contributed by atoms with Crippen LogP contribution in [0.25, 0.3) is 0 Å². The Morgan fingerprint density at radius 3 is 2.44 bits per heavy atom. The molecular formula is C28H26BrCl2N3O7. The summed E-state index contributed by atoms with van der Waals surface area (Å²) in [5, 5.41) is 16.3. The maximum atomic E-state index is 13.1. The first-order valence-electron chi connectivity index (χ1n) is 12.1. The molecule has 0 saturated heterocycles. The Kier molecular flexibility index (Phi) is 11.8. The number of hydrazone groups is 1. The highest BCUT2D eigenvalue weighted by atomic mass is 79.9. The minimum absolute atomic E-state index is 0.192. The molecule has 3 rings (SSSR count). The van der Waals surface area contributed by atoms with Gasteiger partial charge in [0.05, 0.1) is 22.8 Å². The molecule has 0 fully saturated rings. The zero-order valence-corrected chi connectivity index (χ0v) is 25.0. The van der Waals surface area contributed by atoms with Gasteiger partial charge in [-0.25, -0.2) is 10.2 Å². The summed E-state index contributed by atoms with van der Waals surface area (Å²) < 4.78 is 16.7. The van der Waals surface area contributed by atoms with E-state index in [0.29, 0.717) is 15.1 Å². The molecule has 41 heavy (non-hydrogen) atoms. The van der Waals surface area contributed by atoms with E-state index in [2.05, 4.69) is 31.8 Å². The number of carboxylic acid groups (broad SMARTS) is 1. The lowest BCUT2D eigenvalue weighted by atomic mass is 10.1. The lowest BCUT2D eigenvalue weighted by Crippen LogP contribution is -2.50. The first-order valence-corrected chi connectivity index (χ1v) is 13.6. The van der Waals surface area contributed by atoms with Crippen LogP contribution in [0.2, 0.25) is 10.0 Å². The highest BCUT2D eigenvalue weighted by molar-refractivity contribution is 9.10. The van der Waals surface area contributed by atoms with Crippen LogP contribution in [0.3, 0.4) is 0 Å². The molecule has 3 aromatic carbocycles. The normalized spacial score (nSPS) is 12.3. The topological polar surface area (TPSA) is 136 Å². The molecule has 0 unspecified atom stereocenters. The molecule has 0 aliphatic carbocycles. The fraction of sp³-hybridized carbons (Fsp3) is 0.214. The molecule has 0 saturated carbocycles. The number of amides is 2. The molecule has 2 atom stereocenters. The van der Waals surface area contributed by atoms with Gasteiger partial charge in [0.1, 0.15) is 11.8 Å². The number of hydrogen-bond donors (Lipinski definition) is 3. The molecule has 216 valence electrons. The molecule has 3 N–H and O–H groups in total. The van der Waals surface area contributed by atoms with Crippen molar-refractivity contribution in [2.24, 2.45) is 5.10 Å². The molecule has 2 amide bonds. The zero-order chi connectivity index (χ0) is 29.9. The molecule has 13 heteroatoms. The Balaban J connectivity index is 1.72. The van der Waals surface area contributed by atoms with Gasteiger partial charge in [-0.15, -0.1) is 0 Å². The Bertz CT molecular complexity index is 1420. The van der Waals surface area contributed by atoms with Crippen LogP contribution < -0.4 is 25.0 Å². The number of benzene rings is 3. The van der Waals surface area contributed by atoms with Crippen LogP contribution in [0.4, 0.5) is 0 Å². The maximum Gasteiger partial charge on any atom is 0.341 e.